The number of carbonyl (C=O) groups is 1. The Balaban J connectivity index is 1.97. The minimum atomic E-state index is -0.548. The summed E-state index contributed by atoms with van der Waals surface area (Å²) < 4.78 is 16.5. The summed E-state index contributed by atoms with van der Waals surface area (Å²) in [6.45, 7) is 0. The fraction of sp³-hybridized carbons (Fsp3) is 0.280. The molecule has 2 N–H and O–H groups in total. The van der Waals surface area contributed by atoms with E-state index >= 15 is 0 Å². The van der Waals surface area contributed by atoms with E-state index in [0.717, 1.165) is 11.3 Å². The lowest BCUT2D eigenvalue weighted by atomic mass is 9.75. The van der Waals surface area contributed by atoms with Crippen LogP contribution in [0.2, 0.25) is 5.02 Å². The van der Waals surface area contributed by atoms with Crippen LogP contribution >= 0.6 is 11.6 Å². The summed E-state index contributed by atoms with van der Waals surface area (Å²) in [5, 5.41) is 10.7. The zero-order chi connectivity index (χ0) is 23.7. The highest BCUT2D eigenvalue weighted by Crippen LogP contribution is 2.49. The topological polar surface area (TPSA) is 97.8 Å². The normalized spacial score (nSPS) is 18.1. The van der Waals surface area contributed by atoms with E-state index in [1.54, 1.807) is 29.2 Å². The lowest BCUT2D eigenvalue weighted by Gasteiger charge is -2.39. The third kappa shape index (κ3) is 3.77. The van der Waals surface area contributed by atoms with Gasteiger partial charge >= 0.3 is 0 Å². The van der Waals surface area contributed by atoms with E-state index in [1.807, 2.05) is 12.1 Å². The second kappa shape index (κ2) is 9.08. The quantitative estimate of drug-likeness (QED) is 0.685. The minimum Gasteiger partial charge on any atom is -0.493 e. The predicted molar refractivity (Wildman–Crippen MR) is 125 cm³/mol. The lowest BCUT2D eigenvalue weighted by Crippen LogP contribution is -2.38. The van der Waals surface area contributed by atoms with Gasteiger partial charge in [-0.3, -0.25) is 9.69 Å². The van der Waals surface area contributed by atoms with Crippen molar-refractivity contribution in [3.05, 3.63) is 69.6 Å². The van der Waals surface area contributed by atoms with Crippen molar-refractivity contribution in [2.45, 2.75) is 25.2 Å². The summed E-state index contributed by atoms with van der Waals surface area (Å²) in [4.78, 5) is 15.0. The number of hydrogen-bond acceptors (Lipinski definition) is 7. The Morgan fingerprint density at radius 2 is 1.70 bits per heavy atom. The summed E-state index contributed by atoms with van der Waals surface area (Å²) in [7, 11) is 4.59. The average Bonchev–Trinajstić information content (AvgIpc) is 2.83. The smallest absolute Gasteiger partial charge is 0.203 e. The van der Waals surface area contributed by atoms with Crippen molar-refractivity contribution in [2.75, 3.05) is 26.2 Å². The Morgan fingerprint density at radius 1 is 1.06 bits per heavy atom. The van der Waals surface area contributed by atoms with Gasteiger partial charge in [-0.05, 0) is 30.5 Å². The summed E-state index contributed by atoms with van der Waals surface area (Å²) in [6.07, 6.45) is 1.76. The van der Waals surface area contributed by atoms with Crippen LogP contribution in [0.15, 0.2) is 59.1 Å². The van der Waals surface area contributed by atoms with Gasteiger partial charge in [-0.15, -0.1) is 0 Å². The van der Waals surface area contributed by atoms with E-state index < -0.39 is 5.92 Å². The van der Waals surface area contributed by atoms with E-state index in [-0.39, 0.29) is 11.6 Å². The van der Waals surface area contributed by atoms with Crippen LogP contribution in [0.4, 0.5) is 5.69 Å². The Labute approximate surface area is 197 Å². The van der Waals surface area contributed by atoms with E-state index in [9.17, 15) is 10.1 Å². The first-order valence-corrected chi connectivity index (χ1v) is 10.8. The molecule has 33 heavy (non-hydrogen) atoms. The van der Waals surface area contributed by atoms with Gasteiger partial charge in [0.25, 0.3) is 0 Å². The SMILES string of the molecule is COc1cc(N2C(N)=C(C#N)C(c3ccc(Cl)cc3)C3=C2CCCC3=O)cc(OC)c1OC. The van der Waals surface area contributed by atoms with Crippen LogP contribution in [-0.2, 0) is 4.79 Å². The van der Waals surface area contributed by atoms with Gasteiger partial charge in [-0.1, -0.05) is 23.7 Å². The molecule has 0 spiro atoms. The Hall–Kier alpha value is -3.63. The molecule has 1 unspecified atom stereocenters. The average molecular weight is 466 g/mol. The first kappa shape index (κ1) is 22.6. The number of benzene rings is 2. The first-order valence-electron chi connectivity index (χ1n) is 10.5. The second-order valence-electron chi connectivity index (χ2n) is 7.75. The number of methoxy groups -OCH3 is 3. The minimum absolute atomic E-state index is 0.00823. The molecule has 0 amide bonds. The molecule has 4 rings (SSSR count). The number of nitrogens with two attached hydrogens (primary N) is 1. The molecule has 0 aromatic heterocycles. The number of ether oxygens (including phenoxy) is 3. The van der Waals surface area contributed by atoms with Crippen molar-refractivity contribution in [1.82, 2.24) is 0 Å². The number of rotatable bonds is 5. The van der Waals surface area contributed by atoms with Crippen molar-refractivity contribution in [2.24, 2.45) is 5.73 Å². The number of Topliss-reactive ketones (excluding diaryl/α,β-unsaturated/α-hetero) is 1. The summed E-state index contributed by atoms with van der Waals surface area (Å²) in [6, 6.07) is 12.9. The fourth-order valence-corrected chi connectivity index (χ4v) is 4.69. The van der Waals surface area contributed by atoms with Crippen LogP contribution in [0.25, 0.3) is 0 Å². The number of hydrogen-bond donors (Lipinski definition) is 1. The van der Waals surface area contributed by atoms with Gasteiger partial charge < -0.3 is 19.9 Å². The Morgan fingerprint density at radius 3 is 2.24 bits per heavy atom. The molecule has 1 aliphatic heterocycles. The molecule has 1 heterocycles. The standard InChI is InChI=1S/C25H24ClN3O4/c1-31-20-11-16(12-21(32-2)24(20)33-3)29-18-5-4-6-19(30)23(18)22(17(13-27)25(29)28)14-7-9-15(26)10-8-14/h7-12,22H,4-6,28H2,1-3H3. The number of anilines is 1. The molecule has 8 heteroatoms. The van der Waals surface area contributed by atoms with Gasteiger partial charge in [0.1, 0.15) is 5.82 Å². The summed E-state index contributed by atoms with van der Waals surface area (Å²) in [5.41, 5.74) is 9.71. The number of carbonyl (C=O) groups excluding carboxylic acids is 1. The van der Waals surface area contributed by atoms with E-state index in [2.05, 4.69) is 6.07 Å². The largest absolute Gasteiger partial charge is 0.493 e. The molecule has 1 aliphatic carbocycles. The zero-order valence-electron chi connectivity index (χ0n) is 18.6. The lowest BCUT2D eigenvalue weighted by molar-refractivity contribution is -0.116. The summed E-state index contributed by atoms with van der Waals surface area (Å²) in [5.74, 6) is 1.06. The number of halogens is 1. The zero-order valence-corrected chi connectivity index (χ0v) is 19.4. The van der Waals surface area contributed by atoms with Crippen LogP contribution in [0.3, 0.4) is 0 Å². The molecule has 1 atom stereocenters. The van der Waals surface area contributed by atoms with Crippen LogP contribution < -0.4 is 24.8 Å². The molecule has 0 radical (unpaired) electrons. The molecular formula is C25H24ClN3O4. The number of nitrogens with zero attached hydrogens (tertiary/aromatic N) is 2. The van der Waals surface area contributed by atoms with Gasteiger partial charge in [0.15, 0.2) is 17.3 Å². The van der Waals surface area contributed by atoms with E-state index in [4.69, 9.17) is 31.5 Å². The van der Waals surface area contributed by atoms with Crippen LogP contribution in [0.1, 0.15) is 30.7 Å². The van der Waals surface area contributed by atoms with Gasteiger partial charge in [-0.2, -0.15) is 5.26 Å². The maximum Gasteiger partial charge on any atom is 0.203 e. The molecule has 0 bridgehead atoms. The fourth-order valence-electron chi connectivity index (χ4n) is 4.57. The highest BCUT2D eigenvalue weighted by Gasteiger charge is 2.40. The van der Waals surface area contributed by atoms with Crippen LogP contribution in [-0.4, -0.2) is 27.1 Å². The Bertz CT molecular complexity index is 1190. The molecule has 2 aliphatic rings. The van der Waals surface area contributed by atoms with Crippen molar-refractivity contribution >= 4 is 23.1 Å². The Kier molecular flexibility index (Phi) is 6.21. The number of allylic oxidation sites excluding steroid dienone is 3. The van der Waals surface area contributed by atoms with Crippen LogP contribution in [0, 0.1) is 11.3 Å². The monoisotopic (exact) mass is 465 g/mol. The molecule has 2 aromatic carbocycles. The molecule has 0 saturated heterocycles. The molecule has 7 nitrogen and oxygen atoms in total. The van der Waals surface area contributed by atoms with Crippen molar-refractivity contribution in [3.8, 4) is 23.3 Å². The van der Waals surface area contributed by atoms with Crippen molar-refractivity contribution in [3.63, 3.8) is 0 Å². The van der Waals surface area contributed by atoms with E-state index in [0.29, 0.717) is 58.4 Å². The molecule has 0 saturated carbocycles. The van der Waals surface area contributed by atoms with Gasteiger partial charge in [0, 0.05) is 34.8 Å². The van der Waals surface area contributed by atoms with E-state index in [1.165, 1.54) is 21.3 Å². The third-order valence-electron chi connectivity index (χ3n) is 6.02. The number of nitriles is 1. The van der Waals surface area contributed by atoms with Gasteiger partial charge in [0.2, 0.25) is 5.75 Å². The van der Waals surface area contributed by atoms with Gasteiger partial charge in [-0.25, -0.2) is 0 Å². The number of ketones is 1. The third-order valence-corrected chi connectivity index (χ3v) is 6.28. The second-order valence-corrected chi connectivity index (χ2v) is 8.19. The maximum atomic E-state index is 13.2. The van der Waals surface area contributed by atoms with Gasteiger partial charge in [0.05, 0.1) is 44.6 Å². The van der Waals surface area contributed by atoms with Crippen molar-refractivity contribution < 1.29 is 19.0 Å². The molecular weight excluding hydrogens is 442 g/mol. The molecule has 2 aromatic rings. The molecule has 170 valence electrons. The van der Waals surface area contributed by atoms with Crippen molar-refractivity contribution in [1.29, 1.82) is 5.26 Å². The van der Waals surface area contributed by atoms with Crippen LogP contribution in [0.5, 0.6) is 17.2 Å². The summed E-state index contributed by atoms with van der Waals surface area (Å²) >= 11 is 6.08. The highest BCUT2D eigenvalue weighted by molar-refractivity contribution is 6.30. The predicted octanol–water partition coefficient (Wildman–Crippen LogP) is 4.67. The molecule has 0 fully saturated rings. The maximum absolute atomic E-state index is 13.2. The first-order chi connectivity index (χ1) is 15.9. The highest BCUT2D eigenvalue weighted by atomic mass is 35.5.